The molecule has 48 valence electrons. The predicted molar refractivity (Wildman–Crippen MR) is 34.0 cm³/mol. The van der Waals surface area contributed by atoms with E-state index in [9.17, 15) is 4.39 Å². The maximum atomic E-state index is 12.4. The maximum absolute atomic E-state index is 12.4. The summed E-state index contributed by atoms with van der Waals surface area (Å²) >= 11 is 5.51. The van der Waals surface area contributed by atoms with Crippen LogP contribution in [-0.4, -0.2) is 0 Å². The van der Waals surface area contributed by atoms with Crippen LogP contribution >= 0.6 is 11.6 Å². The van der Waals surface area contributed by atoms with Crippen LogP contribution in [0.2, 0.25) is 5.02 Å². The minimum absolute atomic E-state index is 0.263. The first-order valence-corrected chi connectivity index (χ1v) is 2.85. The standard InChI is InChI=1S/C6H5ClFN/c7-4-2-1-3-5(8)6(4)9/h1-3H,9H2/p+1. The fraction of sp³-hybridized carbons (Fsp3) is 0. The lowest BCUT2D eigenvalue weighted by Crippen LogP contribution is -2.41. The number of quaternary nitrogens is 1. The zero-order valence-corrected chi connectivity index (χ0v) is 5.45. The van der Waals surface area contributed by atoms with Gasteiger partial charge in [-0.3, -0.25) is 0 Å². The zero-order chi connectivity index (χ0) is 6.85. The quantitative estimate of drug-likeness (QED) is 0.573. The minimum atomic E-state index is -0.359. The van der Waals surface area contributed by atoms with Crippen LogP contribution in [0.3, 0.4) is 0 Å². The first-order valence-electron chi connectivity index (χ1n) is 2.48. The van der Waals surface area contributed by atoms with Crippen LogP contribution < -0.4 is 5.73 Å². The predicted octanol–water partition coefficient (Wildman–Crippen LogP) is 1.35. The van der Waals surface area contributed by atoms with E-state index in [0.717, 1.165) is 0 Å². The second kappa shape index (κ2) is 2.33. The summed E-state index contributed by atoms with van der Waals surface area (Å²) in [6.07, 6.45) is 0. The maximum Gasteiger partial charge on any atom is 0.185 e. The van der Waals surface area contributed by atoms with E-state index in [2.05, 4.69) is 5.73 Å². The monoisotopic (exact) mass is 146 g/mol. The summed E-state index contributed by atoms with van der Waals surface area (Å²) in [6.45, 7) is 0. The van der Waals surface area contributed by atoms with Crippen LogP contribution in [0.15, 0.2) is 18.2 Å². The average molecular weight is 147 g/mol. The molecule has 1 aromatic rings. The Morgan fingerprint density at radius 3 is 2.56 bits per heavy atom. The smallest absolute Gasteiger partial charge is 0.185 e. The molecule has 0 amide bonds. The molecule has 0 aliphatic rings. The van der Waals surface area contributed by atoms with E-state index < -0.39 is 0 Å². The third-order valence-electron chi connectivity index (χ3n) is 1.06. The van der Waals surface area contributed by atoms with E-state index >= 15 is 0 Å². The molecule has 0 spiro atoms. The molecule has 1 rings (SSSR count). The summed E-state index contributed by atoms with van der Waals surface area (Å²) in [5.41, 5.74) is 3.68. The molecule has 0 bridgehead atoms. The van der Waals surface area contributed by atoms with E-state index in [-0.39, 0.29) is 11.5 Å². The number of hydrogen-bond acceptors (Lipinski definition) is 0. The number of benzene rings is 1. The summed E-state index contributed by atoms with van der Waals surface area (Å²) < 4.78 is 12.4. The molecule has 0 saturated carbocycles. The molecule has 9 heavy (non-hydrogen) atoms. The van der Waals surface area contributed by atoms with Crippen LogP contribution in [0.25, 0.3) is 0 Å². The van der Waals surface area contributed by atoms with Crippen molar-refractivity contribution >= 4 is 17.3 Å². The Balaban J connectivity index is 3.25. The lowest BCUT2D eigenvalue weighted by molar-refractivity contribution is -0.258. The zero-order valence-electron chi connectivity index (χ0n) is 4.70. The van der Waals surface area contributed by atoms with Crippen LogP contribution in [-0.2, 0) is 0 Å². The van der Waals surface area contributed by atoms with Crippen molar-refractivity contribution in [3.8, 4) is 0 Å². The molecule has 1 nitrogen and oxygen atoms in total. The first kappa shape index (κ1) is 6.52. The summed E-state index contributed by atoms with van der Waals surface area (Å²) in [7, 11) is 0. The lowest BCUT2D eigenvalue weighted by atomic mass is 10.3. The second-order valence-corrected chi connectivity index (χ2v) is 2.11. The highest BCUT2D eigenvalue weighted by atomic mass is 35.5. The fourth-order valence-corrected chi connectivity index (χ4v) is 0.695. The van der Waals surface area contributed by atoms with E-state index in [1.165, 1.54) is 6.07 Å². The van der Waals surface area contributed by atoms with Crippen molar-refractivity contribution in [1.82, 2.24) is 0 Å². The van der Waals surface area contributed by atoms with E-state index in [1.807, 2.05) is 0 Å². The highest BCUT2D eigenvalue weighted by Gasteiger charge is 2.03. The van der Waals surface area contributed by atoms with Gasteiger partial charge in [-0.05, 0) is 12.1 Å². The molecule has 0 atom stereocenters. The SMILES string of the molecule is [NH3+]c1c(F)cccc1Cl. The van der Waals surface area contributed by atoms with Gasteiger partial charge in [-0.2, -0.15) is 0 Å². The fourth-order valence-electron chi connectivity index (χ4n) is 0.532. The van der Waals surface area contributed by atoms with Gasteiger partial charge in [-0.25, -0.2) is 4.39 Å². The highest BCUT2D eigenvalue weighted by molar-refractivity contribution is 6.32. The van der Waals surface area contributed by atoms with Gasteiger partial charge in [-0.15, -0.1) is 0 Å². The van der Waals surface area contributed by atoms with Crippen LogP contribution in [0.1, 0.15) is 0 Å². The summed E-state index contributed by atoms with van der Waals surface area (Å²) in [5.74, 6) is -0.359. The van der Waals surface area contributed by atoms with Gasteiger partial charge >= 0.3 is 0 Å². The Morgan fingerprint density at radius 1 is 1.44 bits per heavy atom. The Bertz CT molecular complexity index is 204. The minimum Gasteiger partial charge on any atom is -0.321 e. The molecule has 0 fully saturated rings. The van der Waals surface area contributed by atoms with Crippen molar-refractivity contribution < 1.29 is 10.1 Å². The van der Waals surface area contributed by atoms with E-state index in [4.69, 9.17) is 11.6 Å². The third kappa shape index (κ3) is 1.20. The summed E-state index contributed by atoms with van der Waals surface area (Å²) in [4.78, 5) is 0. The van der Waals surface area contributed by atoms with Crippen molar-refractivity contribution in [2.45, 2.75) is 0 Å². The number of halogens is 2. The Labute approximate surface area is 57.2 Å². The third-order valence-corrected chi connectivity index (χ3v) is 1.42. The Hall–Kier alpha value is -0.600. The molecule has 1 aromatic carbocycles. The van der Waals surface area contributed by atoms with Crippen LogP contribution in [0.5, 0.6) is 0 Å². The van der Waals surface area contributed by atoms with Gasteiger partial charge in [0.25, 0.3) is 0 Å². The topological polar surface area (TPSA) is 27.6 Å². The number of rotatable bonds is 0. The Kier molecular flexibility index (Phi) is 1.69. The van der Waals surface area contributed by atoms with Gasteiger partial charge in [0, 0.05) is 0 Å². The molecular weight excluding hydrogens is 141 g/mol. The van der Waals surface area contributed by atoms with Gasteiger partial charge in [-0.1, -0.05) is 17.7 Å². The normalized spacial score (nSPS) is 9.67. The number of hydrogen-bond donors (Lipinski definition) is 1. The van der Waals surface area contributed by atoms with E-state index in [0.29, 0.717) is 5.02 Å². The van der Waals surface area contributed by atoms with Gasteiger partial charge in [0.05, 0.1) is 0 Å². The van der Waals surface area contributed by atoms with E-state index in [1.54, 1.807) is 12.1 Å². The molecule has 0 aliphatic carbocycles. The van der Waals surface area contributed by atoms with Crippen molar-refractivity contribution in [3.63, 3.8) is 0 Å². The molecule has 0 unspecified atom stereocenters. The lowest BCUT2D eigenvalue weighted by Gasteiger charge is -1.91. The van der Waals surface area contributed by atoms with Gasteiger partial charge in [0.1, 0.15) is 5.02 Å². The molecule has 0 aromatic heterocycles. The summed E-state index contributed by atoms with van der Waals surface area (Å²) in [6, 6.07) is 4.48. The van der Waals surface area contributed by atoms with Crippen molar-refractivity contribution in [2.24, 2.45) is 0 Å². The molecule has 0 heterocycles. The largest absolute Gasteiger partial charge is 0.321 e. The van der Waals surface area contributed by atoms with Crippen molar-refractivity contribution in [3.05, 3.63) is 29.0 Å². The molecule has 3 heteroatoms. The molecule has 3 N–H and O–H groups in total. The highest BCUT2D eigenvalue weighted by Crippen LogP contribution is 2.18. The van der Waals surface area contributed by atoms with Crippen molar-refractivity contribution in [1.29, 1.82) is 0 Å². The van der Waals surface area contributed by atoms with Crippen LogP contribution in [0.4, 0.5) is 10.1 Å². The first-order chi connectivity index (χ1) is 4.22. The molecule has 0 aliphatic heterocycles. The van der Waals surface area contributed by atoms with Gasteiger partial charge in [0.15, 0.2) is 11.5 Å². The average Bonchev–Trinajstić information content (AvgIpc) is 1.83. The molecule has 0 saturated heterocycles. The summed E-state index contributed by atoms with van der Waals surface area (Å²) in [5, 5.41) is 0.370. The van der Waals surface area contributed by atoms with Gasteiger partial charge in [0.2, 0.25) is 0 Å². The van der Waals surface area contributed by atoms with Crippen molar-refractivity contribution in [2.75, 3.05) is 0 Å². The Morgan fingerprint density at radius 2 is 2.11 bits per heavy atom. The second-order valence-electron chi connectivity index (χ2n) is 1.70. The molecule has 0 radical (unpaired) electrons. The molecular formula is C6H6ClFN+. The van der Waals surface area contributed by atoms with Gasteiger partial charge < -0.3 is 5.73 Å². The van der Waals surface area contributed by atoms with Crippen LogP contribution in [0, 0.1) is 5.82 Å².